The Morgan fingerprint density at radius 1 is 1.14 bits per heavy atom. The van der Waals surface area contributed by atoms with Crippen molar-refractivity contribution in [3.8, 4) is 0 Å². The monoisotopic (exact) mass is 282 g/mol. The lowest BCUT2D eigenvalue weighted by molar-refractivity contribution is -0.122. The van der Waals surface area contributed by atoms with Crippen LogP contribution in [-0.4, -0.2) is 17.9 Å². The van der Waals surface area contributed by atoms with E-state index in [9.17, 15) is 4.79 Å². The molecule has 0 N–H and O–H groups in total. The molecule has 110 valence electrons. The minimum Gasteiger partial charge on any atom is -0.313 e. The number of hydrogen-bond acceptors (Lipinski definition) is 2. The van der Waals surface area contributed by atoms with E-state index in [0.29, 0.717) is 0 Å². The number of aromatic nitrogens is 1. The third kappa shape index (κ3) is 2.97. The third-order valence-electron chi connectivity index (χ3n) is 3.92. The smallest absolute Gasteiger partial charge is 0.236 e. The van der Waals surface area contributed by atoms with Gasteiger partial charge in [0.1, 0.15) is 0 Å². The molecule has 0 radical (unpaired) electrons. The molecular formula is C18H22N2O. The molecule has 3 heteroatoms. The summed E-state index contributed by atoms with van der Waals surface area (Å²) in [5.41, 5.74) is 3.31. The van der Waals surface area contributed by atoms with E-state index in [2.05, 4.69) is 4.98 Å². The molecular weight excluding hydrogens is 260 g/mol. The molecule has 1 aromatic carbocycles. The number of amides is 1. The number of anilines is 1. The van der Waals surface area contributed by atoms with Crippen LogP contribution in [0.15, 0.2) is 42.6 Å². The zero-order valence-electron chi connectivity index (χ0n) is 13.3. The average Bonchev–Trinajstić information content (AvgIpc) is 2.46. The zero-order chi connectivity index (χ0) is 15.6. The molecule has 0 aliphatic heterocycles. The number of likely N-dealkylation sites (N-methyl/N-ethyl adjacent to an activating group) is 1. The van der Waals surface area contributed by atoms with Crippen LogP contribution in [0.5, 0.6) is 0 Å². The molecule has 3 nitrogen and oxygen atoms in total. The first-order chi connectivity index (χ1) is 9.84. The quantitative estimate of drug-likeness (QED) is 0.861. The molecule has 0 unspecified atom stereocenters. The van der Waals surface area contributed by atoms with Gasteiger partial charge in [-0.25, -0.2) is 0 Å². The van der Waals surface area contributed by atoms with Crippen molar-refractivity contribution in [1.29, 1.82) is 0 Å². The van der Waals surface area contributed by atoms with Crippen molar-refractivity contribution in [2.45, 2.75) is 33.1 Å². The van der Waals surface area contributed by atoms with Gasteiger partial charge in [-0.2, -0.15) is 0 Å². The number of aryl methyl sites for hydroxylation is 2. The lowest BCUT2D eigenvalue weighted by Crippen LogP contribution is -2.41. The van der Waals surface area contributed by atoms with Gasteiger partial charge in [-0.15, -0.1) is 0 Å². The fraction of sp³-hybridized carbons (Fsp3) is 0.333. The van der Waals surface area contributed by atoms with Crippen LogP contribution in [0.25, 0.3) is 0 Å². The van der Waals surface area contributed by atoms with Gasteiger partial charge in [0.2, 0.25) is 5.91 Å². The second kappa shape index (κ2) is 5.68. The number of carbonyl (C=O) groups excluding carboxylic acids is 1. The molecule has 0 aliphatic rings. The van der Waals surface area contributed by atoms with E-state index < -0.39 is 5.41 Å². The summed E-state index contributed by atoms with van der Waals surface area (Å²) in [6, 6.07) is 11.9. The van der Waals surface area contributed by atoms with Gasteiger partial charge in [0, 0.05) is 12.7 Å². The fourth-order valence-corrected chi connectivity index (χ4v) is 2.55. The van der Waals surface area contributed by atoms with E-state index in [1.54, 1.807) is 11.1 Å². The number of benzene rings is 1. The lowest BCUT2D eigenvalue weighted by Gasteiger charge is -2.30. The van der Waals surface area contributed by atoms with Gasteiger partial charge in [0.15, 0.2) is 0 Å². The van der Waals surface area contributed by atoms with Crippen LogP contribution < -0.4 is 4.90 Å². The molecule has 0 saturated carbocycles. The minimum absolute atomic E-state index is 0.0578. The predicted octanol–water partition coefficient (Wildman–Crippen LogP) is 3.64. The van der Waals surface area contributed by atoms with Crippen LogP contribution in [0.2, 0.25) is 0 Å². The third-order valence-corrected chi connectivity index (χ3v) is 3.92. The topological polar surface area (TPSA) is 33.2 Å². The Labute approximate surface area is 126 Å². The Kier molecular flexibility index (Phi) is 4.12. The number of pyridine rings is 1. The SMILES string of the molecule is Cc1cc(C)c(N(C)C(=O)C(C)(C)c2ccccc2)cn1. The molecule has 2 rings (SSSR count). The maximum Gasteiger partial charge on any atom is 0.236 e. The Hall–Kier alpha value is -2.16. The molecule has 0 fully saturated rings. The highest BCUT2D eigenvalue weighted by Crippen LogP contribution is 2.28. The first-order valence-corrected chi connectivity index (χ1v) is 7.11. The Balaban J connectivity index is 2.35. The number of rotatable bonds is 3. The van der Waals surface area contributed by atoms with Crippen LogP contribution in [0.1, 0.15) is 30.7 Å². The van der Waals surface area contributed by atoms with Crippen molar-refractivity contribution < 1.29 is 4.79 Å². The van der Waals surface area contributed by atoms with Crippen LogP contribution in [0.4, 0.5) is 5.69 Å². The van der Waals surface area contributed by atoms with Gasteiger partial charge in [0.05, 0.1) is 17.3 Å². The molecule has 1 amide bonds. The van der Waals surface area contributed by atoms with E-state index in [1.165, 1.54) is 0 Å². The van der Waals surface area contributed by atoms with Crippen LogP contribution in [0.3, 0.4) is 0 Å². The van der Waals surface area contributed by atoms with Crippen molar-refractivity contribution in [2.24, 2.45) is 0 Å². The second-order valence-electron chi connectivity index (χ2n) is 5.97. The Morgan fingerprint density at radius 3 is 2.33 bits per heavy atom. The van der Waals surface area contributed by atoms with Gasteiger partial charge in [-0.3, -0.25) is 9.78 Å². The van der Waals surface area contributed by atoms with Crippen molar-refractivity contribution in [3.05, 3.63) is 59.4 Å². The van der Waals surface area contributed by atoms with Crippen molar-refractivity contribution in [2.75, 3.05) is 11.9 Å². The summed E-state index contributed by atoms with van der Waals surface area (Å²) in [6.45, 7) is 7.87. The molecule has 0 atom stereocenters. The van der Waals surface area contributed by atoms with Gasteiger partial charge < -0.3 is 4.90 Å². The van der Waals surface area contributed by atoms with Gasteiger partial charge in [-0.1, -0.05) is 30.3 Å². The fourth-order valence-electron chi connectivity index (χ4n) is 2.55. The van der Waals surface area contributed by atoms with Gasteiger partial charge in [0.25, 0.3) is 0 Å². The van der Waals surface area contributed by atoms with Crippen LogP contribution in [-0.2, 0) is 10.2 Å². The van der Waals surface area contributed by atoms with Crippen molar-refractivity contribution in [1.82, 2.24) is 4.98 Å². The lowest BCUT2D eigenvalue weighted by atomic mass is 9.83. The minimum atomic E-state index is -0.576. The summed E-state index contributed by atoms with van der Waals surface area (Å²) in [7, 11) is 1.81. The van der Waals surface area contributed by atoms with Crippen LogP contribution >= 0.6 is 0 Å². The van der Waals surface area contributed by atoms with E-state index in [-0.39, 0.29) is 5.91 Å². The Bertz CT molecular complexity index is 648. The Morgan fingerprint density at radius 2 is 1.76 bits per heavy atom. The highest BCUT2D eigenvalue weighted by atomic mass is 16.2. The maximum absolute atomic E-state index is 12.9. The van der Waals surface area contributed by atoms with E-state index in [0.717, 1.165) is 22.5 Å². The van der Waals surface area contributed by atoms with Gasteiger partial charge >= 0.3 is 0 Å². The number of nitrogens with zero attached hydrogens (tertiary/aromatic N) is 2. The van der Waals surface area contributed by atoms with E-state index >= 15 is 0 Å². The first kappa shape index (κ1) is 15.2. The molecule has 21 heavy (non-hydrogen) atoms. The largest absolute Gasteiger partial charge is 0.313 e. The normalized spacial score (nSPS) is 11.3. The van der Waals surface area contributed by atoms with Gasteiger partial charge in [-0.05, 0) is 44.9 Å². The zero-order valence-corrected chi connectivity index (χ0v) is 13.3. The molecule has 0 spiro atoms. The summed E-state index contributed by atoms with van der Waals surface area (Å²) in [5, 5.41) is 0. The summed E-state index contributed by atoms with van der Waals surface area (Å²) in [5.74, 6) is 0.0578. The van der Waals surface area contributed by atoms with Crippen LogP contribution in [0, 0.1) is 13.8 Å². The average molecular weight is 282 g/mol. The van der Waals surface area contributed by atoms with Crippen molar-refractivity contribution >= 4 is 11.6 Å². The van der Waals surface area contributed by atoms with E-state index in [4.69, 9.17) is 0 Å². The summed E-state index contributed by atoms with van der Waals surface area (Å²) < 4.78 is 0. The molecule has 0 bridgehead atoms. The summed E-state index contributed by atoms with van der Waals surface area (Å²) >= 11 is 0. The second-order valence-corrected chi connectivity index (χ2v) is 5.97. The first-order valence-electron chi connectivity index (χ1n) is 7.11. The summed E-state index contributed by atoms with van der Waals surface area (Å²) in [6.07, 6.45) is 1.77. The van der Waals surface area contributed by atoms with Crippen molar-refractivity contribution in [3.63, 3.8) is 0 Å². The summed E-state index contributed by atoms with van der Waals surface area (Å²) in [4.78, 5) is 18.9. The maximum atomic E-state index is 12.9. The standard InChI is InChI=1S/C18H22N2O/c1-13-11-14(2)19-12-16(13)20(5)17(21)18(3,4)15-9-7-6-8-10-15/h6-12H,1-5H3. The van der Waals surface area contributed by atoms with E-state index in [1.807, 2.05) is 71.1 Å². The highest BCUT2D eigenvalue weighted by Gasteiger charge is 2.33. The molecule has 0 saturated heterocycles. The molecule has 2 aromatic rings. The molecule has 1 aromatic heterocycles. The highest BCUT2D eigenvalue weighted by molar-refractivity contribution is 6.00. The number of hydrogen-bond donors (Lipinski definition) is 0. The molecule has 0 aliphatic carbocycles. The molecule has 1 heterocycles. The predicted molar refractivity (Wildman–Crippen MR) is 86.6 cm³/mol. The number of carbonyl (C=O) groups is 1.